The predicted molar refractivity (Wildman–Crippen MR) is 152 cm³/mol. The first-order valence-electron chi connectivity index (χ1n) is 15.3. The summed E-state index contributed by atoms with van der Waals surface area (Å²) in [7, 11) is 0. The summed E-state index contributed by atoms with van der Waals surface area (Å²) in [6, 6.07) is -0.672. The van der Waals surface area contributed by atoms with E-state index in [4.69, 9.17) is 29.8 Å². The number of carbonyl (C=O) groups is 4. The first-order chi connectivity index (χ1) is 20.9. The number of ether oxygens (including phenoxy) is 3. The van der Waals surface area contributed by atoms with Gasteiger partial charge in [0.05, 0.1) is 18.2 Å². The van der Waals surface area contributed by atoms with E-state index < -0.39 is 47.7 Å². The highest BCUT2D eigenvalue weighted by atomic mass is 19.4. The van der Waals surface area contributed by atoms with E-state index in [9.17, 15) is 32.7 Å². The maximum atomic E-state index is 14.0. The number of allylic oxidation sites excluding steroid dienone is 4. The molecule has 1 unspecified atom stereocenters. The summed E-state index contributed by atoms with van der Waals surface area (Å²) in [5.74, 6) is -3.11. The second kappa shape index (κ2) is 12.9. The van der Waals surface area contributed by atoms with Gasteiger partial charge in [0.1, 0.15) is 13.3 Å². The van der Waals surface area contributed by atoms with Crippen LogP contribution in [-0.2, 0) is 33.4 Å². The van der Waals surface area contributed by atoms with Crippen molar-refractivity contribution in [2.24, 2.45) is 34.3 Å². The SMILES string of the molecule is CCCC1O[C@@H]2C[C@H]3[C@@H]4CCC5=CC(=O)C=C[C@]5(C)[C@H]4[C@@H](O)C[C@]3(C)[C@]2(C(=O)COCNC(=O)[C@H](C)N)O1.O=C(O)C(F)(F)F. The number of aliphatic carboxylic acids is 1. The van der Waals surface area contributed by atoms with Gasteiger partial charge < -0.3 is 35.5 Å². The number of hydrogen-bond donors (Lipinski definition) is 4. The van der Waals surface area contributed by atoms with Gasteiger partial charge >= 0.3 is 12.1 Å². The van der Waals surface area contributed by atoms with E-state index in [-0.39, 0.29) is 54.0 Å². The van der Waals surface area contributed by atoms with E-state index >= 15 is 0 Å². The lowest BCUT2D eigenvalue weighted by Gasteiger charge is -2.59. The Kier molecular flexibility index (Phi) is 10.1. The Bertz CT molecular complexity index is 1250. The van der Waals surface area contributed by atoms with Crippen LogP contribution in [0.4, 0.5) is 13.2 Å². The summed E-state index contributed by atoms with van der Waals surface area (Å²) >= 11 is 0. The molecule has 14 heteroatoms. The van der Waals surface area contributed by atoms with Gasteiger partial charge in [0.25, 0.3) is 0 Å². The number of amides is 1. The molecular formula is C31H43F3N2O9. The zero-order valence-corrected chi connectivity index (χ0v) is 25.9. The summed E-state index contributed by atoms with van der Waals surface area (Å²) < 4.78 is 50.3. The Balaban J connectivity index is 0.000000591. The summed E-state index contributed by atoms with van der Waals surface area (Å²) in [6.07, 6.45) is 2.94. The standard InChI is InChI=1S/C29H42N2O7.C2HF3O2/c1-5-6-24-37-23-12-20-19-8-7-17-11-18(32)9-10-27(17,3)25(19)21(33)13-28(20,4)29(23,38-24)22(34)14-36-15-31-26(35)16(2)30;3-2(4,5)1(6)7/h9-11,16,19-21,23-25,33H,5-8,12-15,30H2,1-4H3,(H,31,35);(H,6,7)/t16-,19-,20-,21-,23+,24?,25+,27-,28-,29+;/m0./s1. The van der Waals surface area contributed by atoms with E-state index in [1.165, 1.54) is 0 Å². The van der Waals surface area contributed by atoms with Crippen LogP contribution < -0.4 is 11.1 Å². The summed E-state index contributed by atoms with van der Waals surface area (Å²) in [5.41, 5.74) is 4.41. The monoisotopic (exact) mass is 644 g/mol. The molecule has 5 rings (SSSR count). The highest BCUT2D eigenvalue weighted by Crippen LogP contribution is 2.69. The fraction of sp³-hybridized carbons (Fsp3) is 0.742. The van der Waals surface area contributed by atoms with Crippen LogP contribution in [0.2, 0.25) is 0 Å². The number of carboxylic acids is 1. The molecule has 4 fully saturated rings. The number of halogens is 3. The van der Waals surface area contributed by atoms with Crippen LogP contribution in [0.3, 0.4) is 0 Å². The van der Waals surface area contributed by atoms with Crippen LogP contribution in [0.25, 0.3) is 0 Å². The normalized spacial score (nSPS) is 38.9. The van der Waals surface area contributed by atoms with Crippen LogP contribution >= 0.6 is 0 Å². The maximum Gasteiger partial charge on any atom is 0.490 e. The molecule has 45 heavy (non-hydrogen) atoms. The summed E-state index contributed by atoms with van der Waals surface area (Å²) in [6.45, 7) is 7.48. The molecule has 0 aromatic heterocycles. The molecular weight excluding hydrogens is 601 g/mol. The van der Waals surface area contributed by atoms with Gasteiger partial charge in [-0.05, 0) is 63.0 Å². The minimum absolute atomic E-state index is 0.00638. The molecule has 5 aliphatic rings. The number of ketones is 2. The van der Waals surface area contributed by atoms with Crippen molar-refractivity contribution in [1.29, 1.82) is 0 Å². The van der Waals surface area contributed by atoms with E-state index in [1.807, 2.05) is 6.08 Å². The quantitative estimate of drug-likeness (QED) is 0.227. The third-order valence-corrected chi connectivity index (χ3v) is 10.5. The number of nitrogens with one attached hydrogen (secondary N) is 1. The highest BCUT2D eigenvalue weighted by molar-refractivity contribution is 6.01. The molecule has 0 aromatic rings. The van der Waals surface area contributed by atoms with Gasteiger partial charge in [-0.2, -0.15) is 13.2 Å². The Labute approximate surface area is 259 Å². The van der Waals surface area contributed by atoms with Crippen molar-refractivity contribution in [3.63, 3.8) is 0 Å². The first-order valence-corrected chi connectivity index (χ1v) is 15.3. The number of aliphatic hydroxyl groups excluding tert-OH is 1. The lowest BCUT2D eigenvalue weighted by atomic mass is 9.46. The molecule has 1 saturated heterocycles. The second-order valence-electron chi connectivity index (χ2n) is 13.2. The second-order valence-corrected chi connectivity index (χ2v) is 13.2. The van der Waals surface area contributed by atoms with Crippen LogP contribution in [0, 0.1) is 28.6 Å². The smallest absolute Gasteiger partial charge is 0.475 e. The van der Waals surface area contributed by atoms with Gasteiger partial charge in [-0.15, -0.1) is 0 Å². The van der Waals surface area contributed by atoms with E-state index in [0.717, 1.165) is 24.8 Å². The average Bonchev–Trinajstić information content (AvgIpc) is 3.43. The fourth-order valence-corrected chi connectivity index (χ4v) is 8.54. The molecule has 1 aliphatic heterocycles. The Morgan fingerprint density at radius 1 is 1.27 bits per heavy atom. The van der Waals surface area contributed by atoms with Crippen LogP contribution in [0.1, 0.15) is 66.2 Å². The van der Waals surface area contributed by atoms with Crippen LogP contribution in [0.5, 0.6) is 0 Å². The van der Waals surface area contributed by atoms with Crippen molar-refractivity contribution in [3.05, 3.63) is 23.8 Å². The number of Topliss-reactive ketones (excluding diaryl/α,β-unsaturated/α-hetero) is 1. The van der Waals surface area contributed by atoms with Crippen molar-refractivity contribution in [1.82, 2.24) is 5.32 Å². The van der Waals surface area contributed by atoms with E-state index in [0.29, 0.717) is 19.3 Å². The van der Waals surface area contributed by atoms with Gasteiger partial charge in [-0.25, -0.2) is 4.79 Å². The van der Waals surface area contributed by atoms with Crippen molar-refractivity contribution >= 4 is 23.4 Å². The number of carboxylic acid groups (broad SMARTS) is 1. The maximum absolute atomic E-state index is 14.0. The minimum atomic E-state index is -5.08. The summed E-state index contributed by atoms with van der Waals surface area (Å²) in [5, 5.41) is 21.5. The van der Waals surface area contributed by atoms with Gasteiger partial charge in [-0.3, -0.25) is 14.4 Å². The fourth-order valence-electron chi connectivity index (χ4n) is 8.54. The number of fused-ring (bicyclic) bond motifs is 7. The van der Waals surface area contributed by atoms with E-state index in [2.05, 4.69) is 26.1 Å². The zero-order chi connectivity index (χ0) is 33.5. The van der Waals surface area contributed by atoms with E-state index in [1.54, 1.807) is 19.1 Å². The van der Waals surface area contributed by atoms with Gasteiger partial charge in [0, 0.05) is 16.7 Å². The molecule has 0 bridgehead atoms. The molecule has 1 heterocycles. The topological polar surface area (TPSA) is 174 Å². The molecule has 3 saturated carbocycles. The lowest BCUT2D eigenvalue weighted by molar-refractivity contribution is -0.201. The molecule has 1 amide bonds. The number of aliphatic hydroxyl groups is 1. The Hall–Kier alpha value is -2.65. The largest absolute Gasteiger partial charge is 0.490 e. The highest BCUT2D eigenvalue weighted by Gasteiger charge is 2.75. The third kappa shape index (κ3) is 6.23. The first kappa shape index (κ1) is 35.2. The molecule has 10 atom stereocenters. The van der Waals surface area contributed by atoms with Gasteiger partial charge in [0.15, 0.2) is 23.5 Å². The van der Waals surface area contributed by atoms with Crippen molar-refractivity contribution in [2.75, 3.05) is 13.3 Å². The van der Waals surface area contributed by atoms with Crippen LogP contribution in [0.15, 0.2) is 23.8 Å². The zero-order valence-electron chi connectivity index (χ0n) is 25.9. The molecule has 0 spiro atoms. The lowest BCUT2D eigenvalue weighted by Crippen LogP contribution is -2.63. The number of alkyl halides is 3. The predicted octanol–water partition coefficient (Wildman–Crippen LogP) is 2.80. The van der Waals surface area contributed by atoms with Crippen molar-refractivity contribution < 1.29 is 56.8 Å². The molecule has 5 N–H and O–H groups in total. The molecule has 0 aromatic carbocycles. The summed E-state index contributed by atoms with van der Waals surface area (Å²) in [4.78, 5) is 46.8. The number of rotatable bonds is 8. The molecule has 252 valence electrons. The van der Waals surface area contributed by atoms with Gasteiger partial charge in [0.2, 0.25) is 5.91 Å². The Morgan fingerprint density at radius 3 is 2.53 bits per heavy atom. The van der Waals surface area contributed by atoms with Crippen molar-refractivity contribution in [2.45, 2.75) is 103 Å². The molecule has 4 aliphatic carbocycles. The Morgan fingerprint density at radius 2 is 1.93 bits per heavy atom. The number of nitrogens with two attached hydrogens (primary N) is 1. The third-order valence-electron chi connectivity index (χ3n) is 10.5. The average molecular weight is 645 g/mol. The minimum Gasteiger partial charge on any atom is -0.475 e. The molecule has 0 radical (unpaired) electrons. The number of hydrogen-bond acceptors (Lipinski definition) is 9. The molecule has 11 nitrogen and oxygen atoms in total. The van der Waals surface area contributed by atoms with Gasteiger partial charge in [-0.1, -0.05) is 38.8 Å². The van der Waals surface area contributed by atoms with Crippen LogP contribution in [-0.4, -0.2) is 83.3 Å². The van der Waals surface area contributed by atoms with Crippen molar-refractivity contribution in [3.8, 4) is 0 Å². The number of carbonyl (C=O) groups excluding carboxylic acids is 3.